The van der Waals surface area contributed by atoms with Crippen molar-refractivity contribution in [1.29, 1.82) is 0 Å². The van der Waals surface area contributed by atoms with Crippen molar-refractivity contribution in [1.82, 2.24) is 14.8 Å². The van der Waals surface area contributed by atoms with Crippen LogP contribution >= 0.6 is 11.3 Å². The molecule has 1 saturated heterocycles. The number of carbonyl (C=O) groups is 3. The number of aromatic nitrogens is 1. The summed E-state index contributed by atoms with van der Waals surface area (Å²) in [5.74, 6) is -0.462. The molecule has 2 fully saturated rings. The van der Waals surface area contributed by atoms with Gasteiger partial charge in [0.25, 0.3) is 11.8 Å². The van der Waals surface area contributed by atoms with E-state index in [1.54, 1.807) is 17.8 Å². The molecule has 7 nitrogen and oxygen atoms in total. The molecule has 4 amide bonds. The number of hydrogen-bond acceptors (Lipinski definition) is 4. The van der Waals surface area contributed by atoms with E-state index in [0.717, 1.165) is 11.3 Å². The zero-order valence-electron chi connectivity index (χ0n) is 15.0. The van der Waals surface area contributed by atoms with Gasteiger partial charge in [-0.05, 0) is 30.6 Å². The molecule has 1 spiro atoms. The molecular weight excluding hydrogens is 340 g/mol. The first kappa shape index (κ1) is 17.8. The molecule has 1 N–H and O–H groups in total. The van der Waals surface area contributed by atoms with Gasteiger partial charge in [0.2, 0.25) is 0 Å². The first-order valence-electron chi connectivity index (χ1n) is 8.44. The molecule has 1 saturated carbocycles. The third-order valence-electron chi connectivity index (χ3n) is 4.90. The van der Waals surface area contributed by atoms with Crippen molar-refractivity contribution in [2.24, 2.45) is 23.4 Å². The molecule has 0 bridgehead atoms. The fourth-order valence-corrected chi connectivity index (χ4v) is 5.11. The lowest BCUT2D eigenvalue weighted by Crippen LogP contribution is -2.54. The number of nitrogens with zero attached hydrogens (tertiary/aromatic N) is 3. The van der Waals surface area contributed by atoms with Crippen LogP contribution in [-0.4, -0.2) is 39.4 Å². The number of amides is 4. The lowest BCUT2D eigenvalue weighted by molar-refractivity contribution is -0.137. The number of rotatable bonds is 2. The van der Waals surface area contributed by atoms with Crippen molar-refractivity contribution in [3.8, 4) is 0 Å². The fourth-order valence-electron chi connectivity index (χ4n) is 4.36. The van der Waals surface area contributed by atoms with Gasteiger partial charge in [-0.15, -0.1) is 11.3 Å². The van der Waals surface area contributed by atoms with E-state index in [-0.39, 0.29) is 17.9 Å². The number of aryl methyl sites for hydroxylation is 1. The summed E-state index contributed by atoms with van der Waals surface area (Å²) < 4.78 is 1.72. The van der Waals surface area contributed by atoms with Crippen LogP contribution in [0.15, 0.2) is 16.6 Å². The molecule has 1 aliphatic heterocycles. The van der Waals surface area contributed by atoms with Crippen molar-refractivity contribution < 1.29 is 14.4 Å². The van der Waals surface area contributed by atoms with E-state index in [0.29, 0.717) is 23.6 Å². The molecule has 1 aliphatic carbocycles. The average molecular weight is 364 g/mol. The summed E-state index contributed by atoms with van der Waals surface area (Å²) in [7, 11) is 1.79. The van der Waals surface area contributed by atoms with Crippen LogP contribution in [0.5, 0.6) is 0 Å². The van der Waals surface area contributed by atoms with Gasteiger partial charge in [0.15, 0.2) is 4.80 Å². The standard InChI is InChI=1S/C17H24N4O3S/c1-11-7-16(2,3)10-17(8-11)13(23)21(14(24)19-17)9-12(22)18-15-20(4)5-6-25-15/h5-6,11H,7-10H2,1-4H3,(H,19,24)/t11-,17+/m0/s1. The zero-order chi connectivity index (χ0) is 18.4. The molecule has 2 aliphatic rings. The highest BCUT2D eigenvalue weighted by Gasteiger charge is 2.56. The van der Waals surface area contributed by atoms with E-state index < -0.39 is 17.5 Å². The Hall–Kier alpha value is -1.96. The number of thiazole rings is 1. The Morgan fingerprint density at radius 2 is 2.12 bits per heavy atom. The van der Waals surface area contributed by atoms with Gasteiger partial charge >= 0.3 is 6.03 Å². The normalized spacial score (nSPS) is 29.4. The topological polar surface area (TPSA) is 83.8 Å². The van der Waals surface area contributed by atoms with Gasteiger partial charge in [0.1, 0.15) is 12.1 Å². The van der Waals surface area contributed by atoms with E-state index >= 15 is 0 Å². The minimum absolute atomic E-state index is 0.0320. The largest absolute Gasteiger partial charge is 0.327 e. The van der Waals surface area contributed by atoms with E-state index in [2.05, 4.69) is 31.1 Å². The lowest BCUT2D eigenvalue weighted by atomic mass is 9.64. The highest BCUT2D eigenvalue weighted by atomic mass is 32.1. The second kappa shape index (κ2) is 6.09. The molecular formula is C17H24N4O3S. The number of carbonyl (C=O) groups excluding carboxylic acids is 3. The van der Waals surface area contributed by atoms with Gasteiger partial charge in [-0.1, -0.05) is 20.8 Å². The Labute approximate surface area is 150 Å². The van der Waals surface area contributed by atoms with Gasteiger partial charge in [0, 0.05) is 18.6 Å². The van der Waals surface area contributed by atoms with Gasteiger partial charge < -0.3 is 9.88 Å². The molecule has 8 heteroatoms. The van der Waals surface area contributed by atoms with E-state index in [9.17, 15) is 14.4 Å². The molecule has 3 rings (SSSR count). The maximum Gasteiger partial charge on any atom is 0.325 e. The van der Waals surface area contributed by atoms with Crippen molar-refractivity contribution in [3.63, 3.8) is 0 Å². The molecule has 2 atom stereocenters. The Morgan fingerprint density at radius 1 is 1.40 bits per heavy atom. The Balaban J connectivity index is 1.80. The van der Waals surface area contributed by atoms with Crippen molar-refractivity contribution in [3.05, 3.63) is 16.4 Å². The molecule has 0 aromatic carbocycles. The summed E-state index contributed by atoms with van der Waals surface area (Å²) >= 11 is 1.33. The van der Waals surface area contributed by atoms with Gasteiger partial charge in [-0.3, -0.25) is 14.5 Å². The second-order valence-corrected chi connectivity index (χ2v) is 8.93. The van der Waals surface area contributed by atoms with Crippen LogP contribution in [0.1, 0.15) is 40.0 Å². The molecule has 25 heavy (non-hydrogen) atoms. The summed E-state index contributed by atoms with van der Waals surface area (Å²) in [6, 6.07) is -0.492. The maximum atomic E-state index is 13.0. The highest BCUT2D eigenvalue weighted by Crippen LogP contribution is 2.46. The first-order chi connectivity index (χ1) is 11.6. The molecule has 1 aromatic rings. The third kappa shape index (κ3) is 3.40. The van der Waals surface area contributed by atoms with Crippen molar-refractivity contribution in [2.45, 2.75) is 45.6 Å². The van der Waals surface area contributed by atoms with E-state index in [1.807, 2.05) is 5.38 Å². The maximum absolute atomic E-state index is 13.0. The zero-order valence-corrected chi connectivity index (χ0v) is 15.9. The number of nitrogens with one attached hydrogen (secondary N) is 1. The van der Waals surface area contributed by atoms with Crippen LogP contribution in [0.25, 0.3) is 0 Å². The smallest absolute Gasteiger partial charge is 0.325 e. The number of urea groups is 1. The van der Waals surface area contributed by atoms with Crippen molar-refractivity contribution >= 4 is 29.2 Å². The minimum Gasteiger partial charge on any atom is -0.327 e. The van der Waals surface area contributed by atoms with Gasteiger partial charge in [-0.25, -0.2) is 4.79 Å². The first-order valence-corrected chi connectivity index (χ1v) is 9.32. The van der Waals surface area contributed by atoms with Crippen molar-refractivity contribution in [2.75, 3.05) is 6.54 Å². The predicted molar refractivity (Wildman–Crippen MR) is 93.6 cm³/mol. The van der Waals surface area contributed by atoms with Crippen LogP contribution < -0.4 is 10.1 Å². The quantitative estimate of drug-likeness (QED) is 0.810. The van der Waals surface area contributed by atoms with E-state index in [4.69, 9.17) is 0 Å². The third-order valence-corrected chi connectivity index (χ3v) is 5.75. The predicted octanol–water partition coefficient (Wildman–Crippen LogP) is 1.65. The molecule has 1 aromatic heterocycles. The summed E-state index contributed by atoms with van der Waals surface area (Å²) in [6.45, 7) is 6.01. The van der Waals surface area contributed by atoms with E-state index in [1.165, 1.54) is 11.3 Å². The van der Waals surface area contributed by atoms with Crippen LogP contribution in [0.4, 0.5) is 4.79 Å². The second-order valence-electron chi connectivity index (χ2n) is 8.06. The van der Waals surface area contributed by atoms with Crippen LogP contribution in [-0.2, 0) is 16.6 Å². The van der Waals surface area contributed by atoms with Crippen LogP contribution in [0.3, 0.4) is 0 Å². The molecule has 0 radical (unpaired) electrons. The highest BCUT2D eigenvalue weighted by molar-refractivity contribution is 7.07. The Bertz CT molecular complexity index is 794. The Morgan fingerprint density at radius 3 is 2.72 bits per heavy atom. The molecule has 0 unspecified atom stereocenters. The Kier molecular flexibility index (Phi) is 4.35. The van der Waals surface area contributed by atoms with Crippen LogP contribution in [0.2, 0.25) is 0 Å². The SMILES string of the molecule is C[C@H]1CC(C)(C)C[C@@]2(C1)NC(=O)N(CC(=O)N=c1sccn1C)C2=O. The summed E-state index contributed by atoms with van der Waals surface area (Å²) in [6.07, 6.45) is 4.02. The lowest BCUT2D eigenvalue weighted by Gasteiger charge is -2.43. The average Bonchev–Trinajstić information content (AvgIpc) is 2.94. The monoisotopic (exact) mass is 364 g/mol. The summed E-state index contributed by atoms with van der Waals surface area (Å²) in [5, 5.41) is 4.69. The summed E-state index contributed by atoms with van der Waals surface area (Å²) in [4.78, 5) is 43.1. The summed E-state index contributed by atoms with van der Waals surface area (Å²) in [5.41, 5.74) is -0.915. The van der Waals surface area contributed by atoms with Gasteiger partial charge in [-0.2, -0.15) is 4.99 Å². The minimum atomic E-state index is -0.883. The molecule has 2 heterocycles. The van der Waals surface area contributed by atoms with Gasteiger partial charge in [0.05, 0.1) is 0 Å². The fraction of sp³-hybridized carbons (Fsp3) is 0.647. The van der Waals surface area contributed by atoms with Crippen LogP contribution in [0, 0.1) is 11.3 Å². The number of hydrogen-bond donors (Lipinski definition) is 1. The number of imide groups is 1. The molecule has 136 valence electrons.